The van der Waals surface area contributed by atoms with Crippen LogP contribution in [0.1, 0.15) is 33.1 Å². The summed E-state index contributed by atoms with van der Waals surface area (Å²) in [5.74, 6) is 1.37. The summed E-state index contributed by atoms with van der Waals surface area (Å²) in [5, 5.41) is 3.22. The molecule has 2 rings (SSSR count). The standard InChI is InChI=1S/C13H24N2O.ClH/c1-13(2)7-11(13)12(16)15-6-4-5-10(9-15)8-14-3;/h10-11,14H,4-9H2,1-3H3;1H. The second kappa shape index (κ2) is 5.57. The summed E-state index contributed by atoms with van der Waals surface area (Å²) < 4.78 is 0. The van der Waals surface area contributed by atoms with E-state index in [2.05, 4.69) is 24.1 Å². The van der Waals surface area contributed by atoms with Crippen LogP contribution in [0.15, 0.2) is 0 Å². The first-order valence-electron chi connectivity index (χ1n) is 6.48. The quantitative estimate of drug-likeness (QED) is 0.841. The lowest BCUT2D eigenvalue weighted by atomic mass is 9.97. The van der Waals surface area contributed by atoms with Crippen molar-refractivity contribution in [2.75, 3.05) is 26.7 Å². The number of likely N-dealkylation sites (tertiary alicyclic amines) is 1. The van der Waals surface area contributed by atoms with E-state index in [0.29, 0.717) is 17.7 Å². The Morgan fingerprint density at radius 2 is 2.12 bits per heavy atom. The molecule has 2 unspecified atom stereocenters. The number of nitrogens with one attached hydrogen (secondary N) is 1. The smallest absolute Gasteiger partial charge is 0.226 e. The molecule has 2 aliphatic rings. The van der Waals surface area contributed by atoms with Crippen LogP contribution in [-0.2, 0) is 4.79 Å². The van der Waals surface area contributed by atoms with Gasteiger partial charge in [0.15, 0.2) is 0 Å². The molecule has 100 valence electrons. The molecule has 0 spiro atoms. The van der Waals surface area contributed by atoms with E-state index in [-0.39, 0.29) is 17.8 Å². The summed E-state index contributed by atoms with van der Waals surface area (Å²) >= 11 is 0. The Balaban J connectivity index is 0.00000144. The minimum atomic E-state index is 0. The van der Waals surface area contributed by atoms with Crippen LogP contribution in [0.3, 0.4) is 0 Å². The molecular formula is C13H25ClN2O. The topological polar surface area (TPSA) is 32.3 Å². The maximum absolute atomic E-state index is 12.2. The van der Waals surface area contributed by atoms with E-state index in [1.54, 1.807) is 0 Å². The monoisotopic (exact) mass is 260 g/mol. The van der Waals surface area contributed by atoms with Crippen LogP contribution in [-0.4, -0.2) is 37.5 Å². The molecule has 0 aromatic heterocycles. The van der Waals surface area contributed by atoms with Gasteiger partial charge in [0.25, 0.3) is 0 Å². The largest absolute Gasteiger partial charge is 0.342 e. The third-order valence-electron chi connectivity index (χ3n) is 4.13. The molecule has 2 fully saturated rings. The lowest BCUT2D eigenvalue weighted by Gasteiger charge is -2.33. The summed E-state index contributed by atoms with van der Waals surface area (Å²) in [6.45, 7) is 7.38. The van der Waals surface area contributed by atoms with E-state index in [1.165, 1.54) is 12.8 Å². The first-order chi connectivity index (χ1) is 7.54. The van der Waals surface area contributed by atoms with E-state index in [4.69, 9.17) is 0 Å². The van der Waals surface area contributed by atoms with Crippen molar-refractivity contribution in [3.8, 4) is 0 Å². The number of piperidine rings is 1. The molecule has 17 heavy (non-hydrogen) atoms. The third kappa shape index (κ3) is 3.35. The van der Waals surface area contributed by atoms with Crippen LogP contribution in [0.2, 0.25) is 0 Å². The molecule has 1 saturated heterocycles. The zero-order chi connectivity index (χ0) is 11.8. The van der Waals surface area contributed by atoms with Crippen LogP contribution in [0.25, 0.3) is 0 Å². The van der Waals surface area contributed by atoms with Crippen molar-refractivity contribution in [1.29, 1.82) is 0 Å². The Hall–Kier alpha value is -0.280. The van der Waals surface area contributed by atoms with Crippen molar-refractivity contribution in [2.24, 2.45) is 17.3 Å². The Morgan fingerprint density at radius 3 is 2.65 bits per heavy atom. The van der Waals surface area contributed by atoms with Gasteiger partial charge in [-0.3, -0.25) is 4.79 Å². The first kappa shape index (κ1) is 14.8. The molecule has 1 aliphatic heterocycles. The average molecular weight is 261 g/mol. The number of hydrogen-bond donors (Lipinski definition) is 1. The van der Waals surface area contributed by atoms with Crippen molar-refractivity contribution in [2.45, 2.75) is 33.1 Å². The van der Waals surface area contributed by atoms with Gasteiger partial charge in [0.2, 0.25) is 5.91 Å². The van der Waals surface area contributed by atoms with Gasteiger partial charge in [-0.15, -0.1) is 12.4 Å². The molecule has 1 heterocycles. The minimum absolute atomic E-state index is 0. The predicted octanol–water partition coefficient (Wildman–Crippen LogP) is 1.91. The Labute approximate surface area is 111 Å². The van der Waals surface area contributed by atoms with Gasteiger partial charge in [-0.2, -0.15) is 0 Å². The number of carbonyl (C=O) groups excluding carboxylic acids is 1. The van der Waals surface area contributed by atoms with Crippen LogP contribution in [0, 0.1) is 17.3 Å². The van der Waals surface area contributed by atoms with E-state index >= 15 is 0 Å². The summed E-state index contributed by atoms with van der Waals surface area (Å²) in [6.07, 6.45) is 3.52. The van der Waals surface area contributed by atoms with Gasteiger partial charge >= 0.3 is 0 Å². The normalized spacial score (nSPS) is 30.6. The van der Waals surface area contributed by atoms with Gasteiger partial charge < -0.3 is 10.2 Å². The average Bonchev–Trinajstić information content (AvgIpc) is 2.88. The van der Waals surface area contributed by atoms with Gasteiger partial charge in [-0.25, -0.2) is 0 Å². The fourth-order valence-corrected chi connectivity index (χ4v) is 2.83. The fraction of sp³-hybridized carbons (Fsp3) is 0.923. The summed E-state index contributed by atoms with van der Waals surface area (Å²) in [5.41, 5.74) is 0.271. The van der Waals surface area contributed by atoms with Crippen LogP contribution in [0.4, 0.5) is 0 Å². The number of hydrogen-bond acceptors (Lipinski definition) is 2. The van der Waals surface area contributed by atoms with E-state index in [9.17, 15) is 4.79 Å². The van der Waals surface area contributed by atoms with Crippen molar-refractivity contribution in [3.63, 3.8) is 0 Å². The van der Waals surface area contributed by atoms with E-state index < -0.39 is 0 Å². The SMILES string of the molecule is CNCC1CCCN(C(=O)C2CC2(C)C)C1.Cl. The molecule has 3 nitrogen and oxygen atoms in total. The maximum Gasteiger partial charge on any atom is 0.226 e. The fourth-order valence-electron chi connectivity index (χ4n) is 2.83. The first-order valence-corrected chi connectivity index (χ1v) is 6.48. The molecular weight excluding hydrogens is 236 g/mol. The highest BCUT2D eigenvalue weighted by atomic mass is 35.5. The molecule has 0 radical (unpaired) electrons. The predicted molar refractivity (Wildman–Crippen MR) is 72.4 cm³/mol. The van der Waals surface area contributed by atoms with Crippen molar-refractivity contribution in [1.82, 2.24) is 10.2 Å². The zero-order valence-corrected chi connectivity index (χ0v) is 12.0. The van der Waals surface area contributed by atoms with Gasteiger partial charge in [0.1, 0.15) is 0 Å². The molecule has 4 heteroatoms. The Morgan fingerprint density at radius 1 is 1.47 bits per heavy atom. The zero-order valence-electron chi connectivity index (χ0n) is 11.2. The molecule has 1 saturated carbocycles. The third-order valence-corrected chi connectivity index (χ3v) is 4.13. The van der Waals surface area contributed by atoms with Crippen molar-refractivity contribution >= 4 is 18.3 Å². The number of carbonyl (C=O) groups is 1. The lowest BCUT2D eigenvalue weighted by molar-refractivity contribution is -0.135. The van der Waals surface area contributed by atoms with Crippen molar-refractivity contribution < 1.29 is 4.79 Å². The highest BCUT2D eigenvalue weighted by Crippen LogP contribution is 2.52. The highest BCUT2D eigenvalue weighted by molar-refractivity contribution is 5.85. The summed E-state index contributed by atoms with van der Waals surface area (Å²) in [6, 6.07) is 0. The minimum Gasteiger partial charge on any atom is -0.342 e. The number of amides is 1. The molecule has 1 aliphatic carbocycles. The van der Waals surface area contributed by atoms with Crippen LogP contribution in [0.5, 0.6) is 0 Å². The molecule has 0 aromatic rings. The number of nitrogens with zero attached hydrogens (tertiary/aromatic N) is 1. The second-order valence-electron chi connectivity index (χ2n) is 6.10. The number of halogens is 1. The summed E-state index contributed by atoms with van der Waals surface area (Å²) in [7, 11) is 1.99. The highest BCUT2D eigenvalue weighted by Gasteiger charge is 2.52. The van der Waals surface area contributed by atoms with Crippen LogP contribution < -0.4 is 5.32 Å². The Kier molecular flexibility index (Phi) is 4.85. The molecule has 0 aromatic carbocycles. The van der Waals surface area contributed by atoms with Gasteiger partial charge in [-0.1, -0.05) is 13.8 Å². The molecule has 0 bridgehead atoms. The van der Waals surface area contributed by atoms with E-state index in [0.717, 1.165) is 26.1 Å². The summed E-state index contributed by atoms with van der Waals surface area (Å²) in [4.78, 5) is 14.3. The van der Waals surface area contributed by atoms with Gasteiger partial charge in [-0.05, 0) is 44.2 Å². The van der Waals surface area contributed by atoms with Crippen molar-refractivity contribution in [3.05, 3.63) is 0 Å². The van der Waals surface area contributed by atoms with Crippen LogP contribution >= 0.6 is 12.4 Å². The number of rotatable bonds is 3. The maximum atomic E-state index is 12.2. The van der Waals surface area contributed by atoms with E-state index in [1.807, 2.05) is 7.05 Å². The lowest BCUT2D eigenvalue weighted by Crippen LogP contribution is -2.43. The Bertz CT molecular complexity index is 279. The van der Waals surface area contributed by atoms with Gasteiger partial charge in [0.05, 0.1) is 0 Å². The second-order valence-corrected chi connectivity index (χ2v) is 6.10. The molecule has 1 N–H and O–H groups in total. The van der Waals surface area contributed by atoms with Gasteiger partial charge in [0, 0.05) is 19.0 Å². The molecule has 1 amide bonds. The molecule has 2 atom stereocenters.